The molecule has 0 saturated carbocycles. The van der Waals surface area contributed by atoms with Gasteiger partial charge < -0.3 is 5.11 Å². The normalized spacial score (nSPS) is 11.6. The number of sulfonamides is 1. The van der Waals surface area contributed by atoms with Gasteiger partial charge in [-0.15, -0.1) is 11.3 Å². The zero-order valence-corrected chi connectivity index (χ0v) is 14.1. The van der Waals surface area contributed by atoms with Crippen LogP contribution in [0.25, 0.3) is 0 Å². The van der Waals surface area contributed by atoms with Gasteiger partial charge >= 0.3 is 5.97 Å². The number of rotatable bonds is 6. The molecule has 0 radical (unpaired) electrons. The van der Waals surface area contributed by atoms with E-state index in [-0.39, 0.29) is 28.3 Å². The Kier molecular flexibility index (Phi) is 5.12. The predicted octanol–water partition coefficient (Wildman–Crippen LogP) is 2.12. The molecule has 1 aromatic carbocycles. The number of thiazole rings is 1. The van der Waals surface area contributed by atoms with E-state index in [4.69, 9.17) is 5.11 Å². The van der Waals surface area contributed by atoms with Crippen molar-refractivity contribution < 1.29 is 22.7 Å². The van der Waals surface area contributed by atoms with Crippen molar-refractivity contribution in [3.8, 4) is 0 Å². The molecule has 0 amide bonds. The van der Waals surface area contributed by atoms with Crippen LogP contribution in [0.2, 0.25) is 0 Å². The molecule has 0 aliphatic rings. The third-order valence-corrected chi connectivity index (χ3v) is 5.77. The molecule has 1 heterocycles. The van der Waals surface area contributed by atoms with Crippen LogP contribution in [-0.4, -0.2) is 31.0 Å². The molecule has 6 nitrogen and oxygen atoms in total. The number of nitrogens with zero attached hydrogens (tertiary/aromatic N) is 1. The topological polar surface area (TPSA) is 96.4 Å². The highest BCUT2D eigenvalue weighted by atomic mass is 32.2. The van der Waals surface area contributed by atoms with Crippen molar-refractivity contribution in [3.63, 3.8) is 0 Å². The summed E-state index contributed by atoms with van der Waals surface area (Å²) in [6, 6.07) is 3.56. The smallest absolute Gasteiger partial charge is 0.347 e. The SMILES string of the molecule is Cc1cc(S(=O)(=O)NCCc2nc(C)c(C(=O)O)s2)ccc1F. The highest BCUT2D eigenvalue weighted by Gasteiger charge is 2.17. The number of carboxylic acid groups (broad SMARTS) is 1. The maximum atomic E-state index is 13.2. The van der Waals surface area contributed by atoms with Crippen molar-refractivity contribution in [3.05, 3.63) is 45.2 Å². The zero-order valence-electron chi connectivity index (χ0n) is 12.5. The molecule has 124 valence electrons. The van der Waals surface area contributed by atoms with E-state index in [9.17, 15) is 17.6 Å². The molecule has 0 unspecified atom stereocenters. The number of carboxylic acids is 1. The van der Waals surface area contributed by atoms with Crippen LogP contribution in [-0.2, 0) is 16.4 Å². The molecule has 2 N–H and O–H groups in total. The van der Waals surface area contributed by atoms with E-state index in [1.165, 1.54) is 19.1 Å². The van der Waals surface area contributed by atoms with Crippen LogP contribution in [0.15, 0.2) is 23.1 Å². The zero-order chi connectivity index (χ0) is 17.2. The second-order valence-corrected chi connectivity index (χ2v) is 7.74. The standard InChI is InChI=1S/C14H15FN2O4S2/c1-8-7-10(3-4-11(8)15)23(20,21)16-6-5-12-17-9(2)13(22-12)14(18)19/h3-4,7,16H,5-6H2,1-2H3,(H,18,19). The fraction of sp³-hybridized carbons (Fsp3) is 0.286. The molecule has 9 heteroatoms. The molecule has 1 aromatic heterocycles. The number of aromatic carboxylic acids is 1. The lowest BCUT2D eigenvalue weighted by Crippen LogP contribution is -2.26. The molecule has 0 bridgehead atoms. The second-order valence-electron chi connectivity index (χ2n) is 4.89. The van der Waals surface area contributed by atoms with Gasteiger partial charge in [-0.05, 0) is 37.6 Å². The molecule has 0 fully saturated rings. The Morgan fingerprint density at radius 3 is 2.65 bits per heavy atom. The number of aryl methyl sites for hydroxylation is 2. The average molecular weight is 358 g/mol. The van der Waals surface area contributed by atoms with E-state index >= 15 is 0 Å². The number of hydrogen-bond acceptors (Lipinski definition) is 5. The molecular weight excluding hydrogens is 343 g/mol. The van der Waals surface area contributed by atoms with Gasteiger partial charge in [0.2, 0.25) is 10.0 Å². The van der Waals surface area contributed by atoms with Crippen molar-refractivity contribution >= 4 is 27.3 Å². The summed E-state index contributed by atoms with van der Waals surface area (Å²) in [5.41, 5.74) is 0.657. The molecule has 0 spiro atoms. The van der Waals surface area contributed by atoms with E-state index in [1.807, 2.05) is 0 Å². The second kappa shape index (κ2) is 6.73. The Morgan fingerprint density at radius 2 is 2.09 bits per heavy atom. The van der Waals surface area contributed by atoms with E-state index in [0.29, 0.717) is 10.7 Å². The molecule has 2 aromatic rings. The third-order valence-electron chi connectivity index (χ3n) is 3.11. The first kappa shape index (κ1) is 17.5. The summed E-state index contributed by atoms with van der Waals surface area (Å²) >= 11 is 1.02. The highest BCUT2D eigenvalue weighted by molar-refractivity contribution is 7.89. The van der Waals surface area contributed by atoms with Crippen LogP contribution < -0.4 is 4.72 Å². The van der Waals surface area contributed by atoms with Crippen LogP contribution in [0.3, 0.4) is 0 Å². The fourth-order valence-electron chi connectivity index (χ4n) is 1.92. The van der Waals surface area contributed by atoms with Crippen molar-refractivity contribution in [2.75, 3.05) is 6.54 Å². The summed E-state index contributed by atoms with van der Waals surface area (Å²) in [5.74, 6) is -1.52. The summed E-state index contributed by atoms with van der Waals surface area (Å²) in [7, 11) is -3.75. The van der Waals surface area contributed by atoms with Gasteiger partial charge in [-0.2, -0.15) is 0 Å². The Bertz CT molecular complexity index is 846. The molecule has 0 aliphatic heterocycles. The Balaban J connectivity index is 2.03. The fourth-order valence-corrected chi connectivity index (χ4v) is 3.94. The van der Waals surface area contributed by atoms with Crippen LogP contribution in [0.1, 0.15) is 25.9 Å². The lowest BCUT2D eigenvalue weighted by atomic mass is 10.2. The van der Waals surface area contributed by atoms with Crippen molar-refractivity contribution in [2.24, 2.45) is 0 Å². The predicted molar refractivity (Wildman–Crippen MR) is 83.8 cm³/mol. The lowest BCUT2D eigenvalue weighted by Gasteiger charge is -2.07. The summed E-state index contributed by atoms with van der Waals surface area (Å²) in [5, 5.41) is 9.50. The summed E-state index contributed by atoms with van der Waals surface area (Å²) < 4.78 is 39.8. The number of hydrogen-bond donors (Lipinski definition) is 2. The van der Waals surface area contributed by atoms with Gasteiger partial charge in [0.1, 0.15) is 10.7 Å². The number of benzene rings is 1. The molecule has 0 aliphatic carbocycles. The van der Waals surface area contributed by atoms with Gasteiger partial charge in [0, 0.05) is 13.0 Å². The van der Waals surface area contributed by atoms with Crippen LogP contribution in [0.4, 0.5) is 4.39 Å². The average Bonchev–Trinajstić information content (AvgIpc) is 2.82. The first-order valence-corrected chi connectivity index (χ1v) is 8.96. The first-order chi connectivity index (χ1) is 10.7. The van der Waals surface area contributed by atoms with Crippen LogP contribution in [0.5, 0.6) is 0 Å². The Labute approximate surface area is 137 Å². The lowest BCUT2D eigenvalue weighted by molar-refractivity contribution is 0.0701. The molecule has 2 rings (SSSR count). The number of halogens is 1. The minimum Gasteiger partial charge on any atom is -0.477 e. The van der Waals surface area contributed by atoms with Crippen molar-refractivity contribution in [1.82, 2.24) is 9.71 Å². The number of aromatic nitrogens is 1. The summed E-state index contributed by atoms with van der Waals surface area (Å²) in [6.45, 7) is 3.15. The Morgan fingerprint density at radius 1 is 1.39 bits per heavy atom. The van der Waals surface area contributed by atoms with Gasteiger partial charge in [0.05, 0.1) is 15.6 Å². The van der Waals surface area contributed by atoms with E-state index in [0.717, 1.165) is 17.4 Å². The third kappa shape index (κ3) is 4.12. The van der Waals surface area contributed by atoms with E-state index in [1.54, 1.807) is 6.92 Å². The van der Waals surface area contributed by atoms with Gasteiger partial charge in [-0.3, -0.25) is 0 Å². The van der Waals surface area contributed by atoms with Gasteiger partial charge in [0.15, 0.2) is 0 Å². The minimum absolute atomic E-state index is 0.0158. The quantitative estimate of drug-likeness (QED) is 0.824. The Hall–Kier alpha value is -1.84. The van der Waals surface area contributed by atoms with E-state index < -0.39 is 21.8 Å². The van der Waals surface area contributed by atoms with Gasteiger partial charge in [-0.25, -0.2) is 27.3 Å². The van der Waals surface area contributed by atoms with Gasteiger partial charge in [0.25, 0.3) is 0 Å². The maximum Gasteiger partial charge on any atom is 0.347 e. The molecule has 0 atom stereocenters. The van der Waals surface area contributed by atoms with E-state index in [2.05, 4.69) is 9.71 Å². The van der Waals surface area contributed by atoms with Crippen molar-refractivity contribution in [1.29, 1.82) is 0 Å². The van der Waals surface area contributed by atoms with Crippen molar-refractivity contribution in [2.45, 2.75) is 25.2 Å². The van der Waals surface area contributed by atoms with Gasteiger partial charge in [-0.1, -0.05) is 0 Å². The summed E-state index contributed by atoms with van der Waals surface area (Å²) in [6.07, 6.45) is 0.276. The minimum atomic E-state index is -3.75. The highest BCUT2D eigenvalue weighted by Crippen LogP contribution is 2.18. The molecule has 0 saturated heterocycles. The number of nitrogens with one attached hydrogen (secondary N) is 1. The number of carbonyl (C=O) groups is 1. The maximum absolute atomic E-state index is 13.2. The van der Waals surface area contributed by atoms with Crippen LogP contribution in [0, 0.1) is 19.7 Å². The summed E-state index contributed by atoms with van der Waals surface area (Å²) in [4.78, 5) is 15.2. The monoisotopic (exact) mass is 358 g/mol. The first-order valence-electron chi connectivity index (χ1n) is 6.66. The molecule has 23 heavy (non-hydrogen) atoms. The largest absolute Gasteiger partial charge is 0.477 e. The van der Waals surface area contributed by atoms with Crippen LogP contribution >= 0.6 is 11.3 Å². The molecular formula is C14H15FN2O4S2.